The highest BCUT2D eigenvalue weighted by Gasteiger charge is 2.15. The van der Waals surface area contributed by atoms with Crippen molar-refractivity contribution in [2.24, 2.45) is 0 Å². The summed E-state index contributed by atoms with van der Waals surface area (Å²) in [6.45, 7) is 9.14. The van der Waals surface area contributed by atoms with Crippen LogP contribution in [0.25, 0.3) is 0 Å². The molecule has 0 aliphatic heterocycles. The Hall–Kier alpha value is -0.970. The van der Waals surface area contributed by atoms with E-state index in [0.717, 1.165) is 0 Å². The van der Waals surface area contributed by atoms with Crippen LogP contribution in [0.3, 0.4) is 0 Å². The third-order valence-corrected chi connectivity index (χ3v) is 3.03. The highest BCUT2D eigenvalue weighted by Crippen LogP contribution is 2.24. The fraction of sp³-hybridized carbons (Fsp3) is 0.533. The average Bonchev–Trinajstić information content (AvgIpc) is 2.31. The van der Waals surface area contributed by atoms with Gasteiger partial charge in [0.2, 0.25) is 0 Å². The lowest BCUT2D eigenvalue weighted by Gasteiger charge is -2.21. The molecule has 1 aromatic carbocycles. The molecule has 0 heterocycles. The van der Waals surface area contributed by atoms with Crippen LogP contribution < -0.4 is 15.4 Å². The second-order valence-corrected chi connectivity index (χ2v) is 6.71. The number of hydrogen-bond donors (Lipinski definition) is 2. The number of nitrogens with one attached hydrogen (secondary N) is 2. The first-order chi connectivity index (χ1) is 9.67. The largest absolute Gasteiger partial charge is 0.481 e. The summed E-state index contributed by atoms with van der Waals surface area (Å²) in [6.07, 6.45) is -0.617. The molecule has 0 radical (unpaired) electrons. The number of rotatable bonds is 6. The topological polar surface area (TPSA) is 50.4 Å². The molecule has 2 N–H and O–H groups in total. The molecule has 0 saturated heterocycles. The van der Waals surface area contributed by atoms with Crippen molar-refractivity contribution in [1.29, 1.82) is 0 Å². The Morgan fingerprint density at radius 3 is 2.29 bits per heavy atom. The molecule has 1 aromatic rings. The van der Waals surface area contributed by atoms with Crippen molar-refractivity contribution in [3.05, 3.63) is 28.2 Å². The zero-order valence-corrected chi connectivity index (χ0v) is 14.3. The van der Waals surface area contributed by atoms with Gasteiger partial charge in [-0.3, -0.25) is 4.79 Å². The van der Waals surface area contributed by atoms with Crippen LogP contribution >= 0.6 is 23.2 Å². The summed E-state index contributed by atoms with van der Waals surface area (Å²) in [4.78, 5) is 11.9. The smallest absolute Gasteiger partial charge is 0.260 e. The van der Waals surface area contributed by atoms with Crippen LogP contribution in [-0.4, -0.2) is 30.6 Å². The molecule has 0 aliphatic carbocycles. The Kier molecular flexibility index (Phi) is 6.78. The van der Waals surface area contributed by atoms with Crippen LogP contribution in [0.1, 0.15) is 27.7 Å². The van der Waals surface area contributed by atoms with Gasteiger partial charge in [-0.25, -0.2) is 0 Å². The van der Waals surface area contributed by atoms with Gasteiger partial charge in [0.25, 0.3) is 5.91 Å². The zero-order chi connectivity index (χ0) is 16.0. The molecule has 0 saturated carbocycles. The summed E-state index contributed by atoms with van der Waals surface area (Å²) in [5.74, 6) is 0.296. The van der Waals surface area contributed by atoms with Gasteiger partial charge in [0.15, 0.2) is 6.10 Å². The third-order valence-electron chi connectivity index (χ3n) is 2.60. The number of halogens is 2. The summed E-state index contributed by atoms with van der Waals surface area (Å²) < 4.78 is 5.53. The Morgan fingerprint density at radius 1 is 1.19 bits per heavy atom. The minimum absolute atomic E-state index is 0.0321. The minimum Gasteiger partial charge on any atom is -0.481 e. The molecular formula is C15H22Cl2N2O2. The summed E-state index contributed by atoms with van der Waals surface area (Å²) in [5, 5.41) is 7.05. The summed E-state index contributed by atoms with van der Waals surface area (Å²) in [6, 6.07) is 4.86. The number of carbonyl (C=O) groups excluding carboxylic acids is 1. The first-order valence-electron chi connectivity index (χ1n) is 6.83. The number of hydrogen-bond acceptors (Lipinski definition) is 3. The van der Waals surface area contributed by atoms with Gasteiger partial charge < -0.3 is 15.4 Å². The number of ether oxygens (including phenoxy) is 1. The highest BCUT2D eigenvalue weighted by molar-refractivity contribution is 6.34. The van der Waals surface area contributed by atoms with E-state index < -0.39 is 6.10 Å². The predicted octanol–water partition coefficient (Wildman–Crippen LogP) is 3.27. The molecule has 4 nitrogen and oxygen atoms in total. The number of amides is 1. The lowest BCUT2D eigenvalue weighted by Crippen LogP contribution is -2.44. The fourth-order valence-corrected chi connectivity index (χ4v) is 2.13. The predicted molar refractivity (Wildman–Crippen MR) is 87.3 cm³/mol. The second kappa shape index (κ2) is 7.87. The van der Waals surface area contributed by atoms with E-state index in [1.807, 2.05) is 0 Å². The molecule has 0 aromatic heterocycles. The average molecular weight is 333 g/mol. The molecule has 118 valence electrons. The maximum atomic E-state index is 11.9. The van der Waals surface area contributed by atoms with Crippen molar-refractivity contribution in [2.75, 3.05) is 13.1 Å². The normalized spacial score (nSPS) is 12.9. The highest BCUT2D eigenvalue weighted by atomic mass is 35.5. The van der Waals surface area contributed by atoms with E-state index in [9.17, 15) is 4.79 Å². The lowest BCUT2D eigenvalue weighted by atomic mass is 10.1. The van der Waals surface area contributed by atoms with Crippen molar-refractivity contribution < 1.29 is 9.53 Å². The summed E-state index contributed by atoms with van der Waals surface area (Å²) in [7, 11) is 0. The first-order valence-corrected chi connectivity index (χ1v) is 7.58. The third kappa shape index (κ3) is 7.55. The van der Waals surface area contributed by atoms with Crippen LogP contribution in [-0.2, 0) is 4.79 Å². The van der Waals surface area contributed by atoms with Crippen LogP contribution in [0.2, 0.25) is 10.0 Å². The maximum absolute atomic E-state index is 11.9. The van der Waals surface area contributed by atoms with Crippen LogP contribution in [0, 0.1) is 0 Å². The van der Waals surface area contributed by atoms with Gasteiger partial charge in [0.1, 0.15) is 5.75 Å². The van der Waals surface area contributed by atoms with Gasteiger partial charge in [-0.15, -0.1) is 0 Å². The molecule has 0 fully saturated rings. The molecule has 6 heteroatoms. The van der Waals surface area contributed by atoms with Crippen molar-refractivity contribution in [3.63, 3.8) is 0 Å². The molecular weight excluding hydrogens is 311 g/mol. The van der Waals surface area contributed by atoms with Crippen molar-refractivity contribution >= 4 is 29.1 Å². The first kappa shape index (κ1) is 18.1. The van der Waals surface area contributed by atoms with Crippen molar-refractivity contribution in [3.8, 4) is 5.75 Å². The minimum atomic E-state index is -0.617. The second-order valence-electron chi connectivity index (χ2n) is 5.83. The van der Waals surface area contributed by atoms with E-state index in [-0.39, 0.29) is 11.4 Å². The monoisotopic (exact) mass is 332 g/mol. The van der Waals surface area contributed by atoms with E-state index in [2.05, 4.69) is 31.4 Å². The Bertz CT molecular complexity index is 467. The van der Waals surface area contributed by atoms with Gasteiger partial charge in [-0.1, -0.05) is 23.2 Å². The van der Waals surface area contributed by atoms with Gasteiger partial charge in [-0.05, 0) is 45.9 Å². The van der Waals surface area contributed by atoms with Crippen LogP contribution in [0.5, 0.6) is 5.75 Å². The summed E-state index contributed by atoms with van der Waals surface area (Å²) in [5.41, 5.74) is 0.0321. The Morgan fingerprint density at radius 2 is 1.76 bits per heavy atom. The van der Waals surface area contributed by atoms with Gasteiger partial charge in [0.05, 0.1) is 0 Å². The van der Waals surface area contributed by atoms with Crippen molar-refractivity contribution in [1.82, 2.24) is 10.6 Å². The molecule has 1 atom stereocenters. The molecule has 0 bridgehead atoms. The van der Waals surface area contributed by atoms with E-state index in [4.69, 9.17) is 27.9 Å². The SMILES string of the molecule is CC(Oc1cc(Cl)cc(Cl)c1)C(=O)NCCNC(C)(C)C. The quantitative estimate of drug-likeness (QED) is 0.786. The number of benzene rings is 1. The molecule has 1 unspecified atom stereocenters. The zero-order valence-electron chi connectivity index (χ0n) is 12.8. The van der Waals surface area contributed by atoms with E-state index in [0.29, 0.717) is 28.9 Å². The van der Waals surface area contributed by atoms with Crippen LogP contribution in [0.4, 0.5) is 0 Å². The van der Waals surface area contributed by atoms with Gasteiger partial charge in [-0.2, -0.15) is 0 Å². The molecule has 21 heavy (non-hydrogen) atoms. The van der Waals surface area contributed by atoms with Crippen molar-refractivity contribution in [2.45, 2.75) is 39.3 Å². The molecule has 0 aliphatic rings. The van der Waals surface area contributed by atoms with E-state index >= 15 is 0 Å². The number of carbonyl (C=O) groups is 1. The fourth-order valence-electron chi connectivity index (χ4n) is 1.62. The van der Waals surface area contributed by atoms with Gasteiger partial charge in [0, 0.05) is 28.7 Å². The Balaban J connectivity index is 2.40. The molecule has 1 amide bonds. The van der Waals surface area contributed by atoms with E-state index in [1.165, 1.54) is 0 Å². The maximum Gasteiger partial charge on any atom is 0.260 e. The van der Waals surface area contributed by atoms with Gasteiger partial charge >= 0.3 is 0 Å². The molecule has 1 rings (SSSR count). The standard InChI is InChI=1S/C15H22Cl2N2O2/c1-10(14(20)18-5-6-19-15(2,3)4)21-13-8-11(16)7-12(17)9-13/h7-10,19H,5-6H2,1-4H3,(H,18,20). The summed E-state index contributed by atoms with van der Waals surface area (Å²) >= 11 is 11.8. The van der Waals surface area contributed by atoms with Crippen LogP contribution in [0.15, 0.2) is 18.2 Å². The lowest BCUT2D eigenvalue weighted by molar-refractivity contribution is -0.127. The Labute approximate surface area is 136 Å². The van der Waals surface area contributed by atoms with E-state index in [1.54, 1.807) is 25.1 Å². The molecule has 0 spiro atoms.